The number of amides is 2. The third kappa shape index (κ3) is 5.43. The topological polar surface area (TPSA) is 71.1 Å². The van der Waals surface area contributed by atoms with Crippen LogP contribution in [0.1, 0.15) is 21.6 Å². The number of aromatic nitrogens is 1. The summed E-state index contributed by atoms with van der Waals surface area (Å²) in [5, 5.41) is 8.42. The van der Waals surface area contributed by atoms with Crippen molar-refractivity contribution in [1.82, 2.24) is 10.3 Å². The highest BCUT2D eigenvalue weighted by molar-refractivity contribution is 7.99. The molecule has 3 rings (SSSR count). The second-order valence-corrected chi connectivity index (χ2v) is 8.05. The zero-order valence-electron chi connectivity index (χ0n) is 15.7. The summed E-state index contributed by atoms with van der Waals surface area (Å²) in [6.45, 7) is 2.06. The SMILES string of the molecule is CNC(=O)c1cccc(NC(=O)CSCc2csc(-c3ccc(C)cc3)n2)c1. The number of anilines is 1. The minimum Gasteiger partial charge on any atom is -0.355 e. The zero-order chi connectivity index (χ0) is 19.9. The van der Waals surface area contributed by atoms with Gasteiger partial charge in [0.1, 0.15) is 5.01 Å². The monoisotopic (exact) mass is 411 g/mol. The summed E-state index contributed by atoms with van der Waals surface area (Å²) in [7, 11) is 1.58. The standard InChI is InChI=1S/C21H21N3O2S2/c1-14-6-8-15(9-7-14)21-24-18(12-28-21)11-27-13-19(25)23-17-5-3-4-16(10-17)20(26)22-2/h3-10,12H,11,13H2,1-2H3,(H,22,26)(H,23,25). The van der Waals surface area contributed by atoms with Crippen LogP contribution in [0.3, 0.4) is 0 Å². The highest BCUT2D eigenvalue weighted by Crippen LogP contribution is 2.25. The maximum atomic E-state index is 12.2. The Balaban J connectivity index is 1.49. The van der Waals surface area contributed by atoms with Crippen LogP contribution in [0.4, 0.5) is 5.69 Å². The molecule has 0 saturated carbocycles. The minimum atomic E-state index is -0.182. The first kappa shape index (κ1) is 20.1. The molecule has 0 fully saturated rings. The lowest BCUT2D eigenvalue weighted by Crippen LogP contribution is -2.19. The molecular weight excluding hydrogens is 390 g/mol. The van der Waals surface area contributed by atoms with E-state index in [-0.39, 0.29) is 11.8 Å². The fraction of sp³-hybridized carbons (Fsp3) is 0.190. The van der Waals surface area contributed by atoms with E-state index in [1.54, 1.807) is 42.6 Å². The van der Waals surface area contributed by atoms with E-state index >= 15 is 0 Å². The normalized spacial score (nSPS) is 10.5. The smallest absolute Gasteiger partial charge is 0.251 e. The van der Waals surface area contributed by atoms with Gasteiger partial charge in [-0.05, 0) is 25.1 Å². The second kappa shape index (κ2) is 9.52. The summed E-state index contributed by atoms with van der Waals surface area (Å²) in [6, 6.07) is 15.2. The first-order valence-corrected chi connectivity index (χ1v) is 10.8. The van der Waals surface area contributed by atoms with Crippen LogP contribution >= 0.6 is 23.1 Å². The van der Waals surface area contributed by atoms with Crippen LogP contribution in [0.5, 0.6) is 0 Å². The summed E-state index contributed by atoms with van der Waals surface area (Å²) >= 11 is 3.13. The van der Waals surface area contributed by atoms with E-state index in [9.17, 15) is 9.59 Å². The molecule has 0 aliphatic rings. The number of thioether (sulfide) groups is 1. The number of hydrogen-bond donors (Lipinski definition) is 2. The quantitative estimate of drug-likeness (QED) is 0.606. The van der Waals surface area contributed by atoms with Crippen molar-refractivity contribution in [2.75, 3.05) is 18.1 Å². The number of nitrogens with one attached hydrogen (secondary N) is 2. The molecule has 7 heteroatoms. The molecule has 0 atom stereocenters. The van der Waals surface area contributed by atoms with Crippen molar-refractivity contribution in [2.45, 2.75) is 12.7 Å². The minimum absolute atomic E-state index is 0.104. The van der Waals surface area contributed by atoms with Gasteiger partial charge in [0.2, 0.25) is 5.91 Å². The van der Waals surface area contributed by atoms with Gasteiger partial charge in [-0.2, -0.15) is 0 Å². The number of nitrogens with zero attached hydrogens (tertiary/aromatic N) is 1. The second-order valence-electron chi connectivity index (χ2n) is 6.21. The molecule has 0 spiro atoms. The third-order valence-corrected chi connectivity index (χ3v) is 5.88. The van der Waals surface area contributed by atoms with E-state index < -0.39 is 0 Å². The van der Waals surface area contributed by atoms with Crippen LogP contribution in [0, 0.1) is 6.92 Å². The van der Waals surface area contributed by atoms with Crippen LogP contribution in [-0.4, -0.2) is 29.6 Å². The molecule has 2 N–H and O–H groups in total. The fourth-order valence-corrected chi connectivity index (χ4v) is 4.18. The van der Waals surface area contributed by atoms with E-state index in [1.807, 2.05) is 5.38 Å². The lowest BCUT2D eigenvalue weighted by molar-refractivity contribution is -0.113. The number of thiazole rings is 1. The first-order valence-electron chi connectivity index (χ1n) is 8.76. The summed E-state index contributed by atoms with van der Waals surface area (Å²) in [5.74, 6) is 0.710. The average molecular weight is 412 g/mol. The number of benzene rings is 2. The van der Waals surface area contributed by atoms with Crippen molar-refractivity contribution in [3.63, 3.8) is 0 Å². The van der Waals surface area contributed by atoms with Gasteiger partial charge in [-0.3, -0.25) is 9.59 Å². The molecule has 0 saturated heterocycles. The van der Waals surface area contributed by atoms with Gasteiger partial charge in [-0.25, -0.2) is 4.98 Å². The Morgan fingerprint density at radius 2 is 1.93 bits per heavy atom. The Morgan fingerprint density at radius 3 is 2.68 bits per heavy atom. The predicted molar refractivity (Wildman–Crippen MR) is 117 cm³/mol. The first-order chi connectivity index (χ1) is 13.5. The van der Waals surface area contributed by atoms with Crippen LogP contribution in [0.15, 0.2) is 53.9 Å². The van der Waals surface area contributed by atoms with Crippen LogP contribution in [-0.2, 0) is 10.5 Å². The molecule has 0 aliphatic carbocycles. The fourth-order valence-electron chi connectivity index (χ4n) is 2.53. The molecule has 0 radical (unpaired) electrons. The molecule has 0 bridgehead atoms. The molecular formula is C21H21N3O2S2. The molecule has 0 aliphatic heterocycles. The summed E-state index contributed by atoms with van der Waals surface area (Å²) < 4.78 is 0. The molecule has 2 aromatic carbocycles. The summed E-state index contributed by atoms with van der Waals surface area (Å²) in [6.07, 6.45) is 0. The van der Waals surface area contributed by atoms with Crippen molar-refractivity contribution < 1.29 is 9.59 Å². The third-order valence-electron chi connectivity index (χ3n) is 3.97. The van der Waals surface area contributed by atoms with Crippen molar-refractivity contribution in [3.8, 4) is 10.6 Å². The molecule has 1 heterocycles. The average Bonchev–Trinajstić information content (AvgIpc) is 3.17. The van der Waals surface area contributed by atoms with Crippen LogP contribution in [0.2, 0.25) is 0 Å². The molecule has 3 aromatic rings. The maximum Gasteiger partial charge on any atom is 0.251 e. The van der Waals surface area contributed by atoms with Crippen molar-refractivity contribution >= 4 is 40.6 Å². The predicted octanol–water partition coefficient (Wildman–Crippen LogP) is 4.35. The lowest BCUT2D eigenvalue weighted by atomic mass is 10.2. The summed E-state index contributed by atoms with van der Waals surface area (Å²) in [4.78, 5) is 28.5. The number of carbonyl (C=O) groups is 2. The van der Waals surface area contributed by atoms with E-state index in [4.69, 9.17) is 0 Å². The number of hydrogen-bond acceptors (Lipinski definition) is 5. The highest BCUT2D eigenvalue weighted by Gasteiger charge is 2.09. The van der Waals surface area contributed by atoms with Crippen LogP contribution < -0.4 is 10.6 Å². The van der Waals surface area contributed by atoms with Gasteiger partial charge in [0, 0.05) is 35.0 Å². The largest absolute Gasteiger partial charge is 0.355 e. The van der Waals surface area contributed by atoms with Gasteiger partial charge in [0.15, 0.2) is 0 Å². The molecule has 5 nitrogen and oxygen atoms in total. The zero-order valence-corrected chi connectivity index (χ0v) is 17.3. The van der Waals surface area contributed by atoms with Gasteiger partial charge in [0.05, 0.1) is 11.4 Å². The van der Waals surface area contributed by atoms with Gasteiger partial charge in [0.25, 0.3) is 5.91 Å². The highest BCUT2D eigenvalue weighted by atomic mass is 32.2. The van der Waals surface area contributed by atoms with E-state index in [1.165, 1.54) is 17.3 Å². The number of aryl methyl sites for hydroxylation is 1. The van der Waals surface area contributed by atoms with Gasteiger partial charge < -0.3 is 10.6 Å². The molecule has 144 valence electrons. The molecule has 2 amide bonds. The lowest BCUT2D eigenvalue weighted by Gasteiger charge is -2.06. The van der Waals surface area contributed by atoms with Gasteiger partial charge in [-0.1, -0.05) is 35.9 Å². The van der Waals surface area contributed by atoms with Gasteiger partial charge in [-0.15, -0.1) is 23.1 Å². The molecule has 0 unspecified atom stereocenters. The summed E-state index contributed by atoms with van der Waals surface area (Å²) in [5.41, 5.74) is 4.43. The number of carbonyl (C=O) groups excluding carboxylic acids is 2. The van der Waals surface area contributed by atoms with Crippen LogP contribution in [0.25, 0.3) is 10.6 Å². The Kier molecular flexibility index (Phi) is 6.84. The van der Waals surface area contributed by atoms with Crippen molar-refractivity contribution in [3.05, 3.63) is 70.7 Å². The van der Waals surface area contributed by atoms with E-state index in [0.29, 0.717) is 22.8 Å². The molecule has 28 heavy (non-hydrogen) atoms. The van der Waals surface area contributed by atoms with E-state index in [0.717, 1.165) is 16.3 Å². The Bertz CT molecular complexity index is 968. The Labute approximate surface area is 172 Å². The van der Waals surface area contributed by atoms with Crippen molar-refractivity contribution in [1.29, 1.82) is 0 Å². The Morgan fingerprint density at radius 1 is 1.14 bits per heavy atom. The molecule has 1 aromatic heterocycles. The van der Waals surface area contributed by atoms with E-state index in [2.05, 4.69) is 46.8 Å². The maximum absolute atomic E-state index is 12.2. The van der Waals surface area contributed by atoms with Crippen molar-refractivity contribution in [2.24, 2.45) is 0 Å². The Hall–Kier alpha value is -2.64. The number of rotatable bonds is 7. The van der Waals surface area contributed by atoms with Gasteiger partial charge >= 0.3 is 0 Å².